The molecule has 0 aliphatic carbocycles. The first-order chi connectivity index (χ1) is 33.3. The summed E-state index contributed by atoms with van der Waals surface area (Å²) in [6.07, 6.45) is 7.00. The Morgan fingerprint density at radius 2 is 0.611 bits per heavy atom. The zero-order valence-corrected chi connectivity index (χ0v) is 41.2. The van der Waals surface area contributed by atoms with Crippen molar-refractivity contribution in [3.05, 3.63) is 240 Å². The average molecular weight is 1130 g/mol. The number of alkyl halides is 6. The van der Waals surface area contributed by atoms with Gasteiger partial charge in [0.1, 0.15) is 0 Å². The summed E-state index contributed by atoms with van der Waals surface area (Å²) in [6, 6.07) is 62.7. The predicted octanol–water partition coefficient (Wildman–Crippen LogP) is 10.3. The second-order valence-electron chi connectivity index (χ2n) is 14.7. The van der Waals surface area contributed by atoms with Gasteiger partial charge in [-0.15, -0.1) is 0 Å². The van der Waals surface area contributed by atoms with Gasteiger partial charge in [0.2, 0.25) is 0 Å². The Hall–Kier alpha value is -5.90. The Morgan fingerprint density at radius 3 is 0.806 bits per heavy atom. The minimum atomic E-state index is -6.09. The summed E-state index contributed by atoms with van der Waals surface area (Å²) in [5, 5.41) is 1.07. The first-order valence-electron chi connectivity index (χ1n) is 20.9. The molecule has 4 aromatic heterocycles. The number of pyridine rings is 4. The van der Waals surface area contributed by atoms with Crippen molar-refractivity contribution in [2.75, 3.05) is 0 Å². The first-order valence-corrected chi connectivity index (χ1v) is 23.7. The summed E-state index contributed by atoms with van der Waals surface area (Å²) in [4.78, 5) is 22.6. The molecule has 0 saturated heterocycles. The van der Waals surface area contributed by atoms with Crippen molar-refractivity contribution >= 4 is 31.3 Å². The molecule has 4 heterocycles. The van der Waals surface area contributed by atoms with Gasteiger partial charge < -0.3 is 9.11 Å². The van der Waals surface area contributed by atoms with Crippen LogP contribution in [-0.4, -0.2) is 66.7 Å². The topological polar surface area (TPSA) is 172 Å². The summed E-state index contributed by atoms with van der Waals surface area (Å²) in [5.41, 5.74) is -3.23. The van der Waals surface area contributed by atoms with Gasteiger partial charge in [-0.1, -0.05) is 133 Å². The smallest absolute Gasteiger partial charge is 0.741 e. The fourth-order valence-electron chi connectivity index (χ4n) is 6.04. The summed E-state index contributed by atoms with van der Waals surface area (Å²) < 4.78 is 118. The van der Waals surface area contributed by atoms with Gasteiger partial charge in [-0.05, 0) is 70.8 Å². The number of hydrogen-bond acceptors (Lipinski definition) is 12. The van der Waals surface area contributed by atoms with Crippen LogP contribution in [-0.2, 0) is 93.6 Å². The molecule has 0 spiro atoms. The summed E-state index contributed by atoms with van der Waals surface area (Å²) >= 11 is 0. The van der Waals surface area contributed by atoms with Crippen LogP contribution in [0, 0.1) is 0 Å². The maximum atomic E-state index is 10.7. The van der Waals surface area contributed by atoms with Crippen molar-refractivity contribution in [3.63, 3.8) is 0 Å². The van der Waals surface area contributed by atoms with E-state index in [-0.39, 0.29) is 34.1 Å². The van der Waals surface area contributed by atoms with Crippen molar-refractivity contribution in [1.29, 1.82) is 0 Å². The number of halogens is 6. The van der Waals surface area contributed by atoms with E-state index in [9.17, 15) is 26.3 Å². The monoisotopic (exact) mass is 1130 g/mol. The third kappa shape index (κ3) is 24.5. The number of nitrogens with zero attached hydrogens (tertiary/aromatic N) is 6. The Kier molecular flexibility index (Phi) is 27.2. The van der Waals surface area contributed by atoms with E-state index >= 15 is 0 Å². The van der Waals surface area contributed by atoms with E-state index in [0.29, 0.717) is 0 Å². The summed E-state index contributed by atoms with van der Waals surface area (Å²) in [6.45, 7) is 4.93. The van der Waals surface area contributed by atoms with Gasteiger partial charge in [-0.25, -0.2) is 26.8 Å². The normalized spacial score (nSPS) is 11.1. The standard InChI is InChI=1S/C38H36N4.2C5H5N.2CHF3O3S.2Cu/c1-5-13-31(14-6-1)25-41(26-32-15-7-2-8-16-32)29-36-23-21-35-22-24-37(40-38(35)39-36)30-42(27-33-17-9-3-10-18-33)28-34-19-11-4-12-20-34;2*1-2-4-6-5-3-1;2*2-1(3,4)8(5,6)7;;/h1-24H,25-30H2;2*1-5H;2*(H,5,6,7);;/q;;;;;2*+2/p-2. The van der Waals surface area contributed by atoms with Gasteiger partial charge in [0, 0.05) is 69.4 Å². The van der Waals surface area contributed by atoms with Gasteiger partial charge in [-0.3, -0.25) is 19.8 Å². The maximum absolute atomic E-state index is 10.7. The molecule has 0 N–H and O–H groups in total. The van der Waals surface area contributed by atoms with Crippen LogP contribution >= 0.6 is 0 Å². The Bertz CT molecular complexity index is 2600. The summed E-state index contributed by atoms with van der Waals surface area (Å²) in [7, 11) is -12.2. The van der Waals surface area contributed by atoms with E-state index in [1.807, 2.05) is 36.4 Å². The minimum Gasteiger partial charge on any atom is -0.741 e. The third-order valence-corrected chi connectivity index (χ3v) is 10.3. The van der Waals surface area contributed by atoms with Crippen molar-refractivity contribution in [1.82, 2.24) is 29.7 Å². The molecule has 0 atom stereocenters. The quantitative estimate of drug-likeness (QED) is 0.0491. The fraction of sp³-hybridized carbons (Fsp3) is 0.160. The molecule has 0 aliphatic heterocycles. The zero-order chi connectivity index (χ0) is 50.9. The first kappa shape index (κ1) is 62.2. The van der Waals surface area contributed by atoms with E-state index in [1.165, 1.54) is 22.3 Å². The van der Waals surface area contributed by atoms with E-state index < -0.39 is 31.3 Å². The number of aromatic nitrogens is 4. The molecule has 0 amide bonds. The van der Waals surface area contributed by atoms with Gasteiger partial charge in [0.05, 0.1) is 11.4 Å². The number of benzene rings is 4. The van der Waals surface area contributed by atoms with E-state index in [0.717, 1.165) is 61.7 Å². The fourth-order valence-corrected chi connectivity index (χ4v) is 6.04. The molecule has 0 saturated carbocycles. The van der Waals surface area contributed by atoms with Gasteiger partial charge in [-0.2, -0.15) is 26.3 Å². The Balaban J connectivity index is 0.000000479. The average Bonchev–Trinajstić information content (AvgIpc) is 3.33. The number of fused-ring (bicyclic) bond motifs is 1. The molecule has 8 rings (SSSR count). The van der Waals surface area contributed by atoms with Crippen molar-refractivity contribution in [2.45, 2.75) is 50.3 Å². The van der Waals surface area contributed by atoms with E-state index in [1.54, 1.807) is 24.8 Å². The van der Waals surface area contributed by atoms with Crippen LogP contribution in [0.25, 0.3) is 11.0 Å². The number of hydrogen-bond donors (Lipinski definition) is 0. The van der Waals surface area contributed by atoms with Gasteiger partial charge in [0.15, 0.2) is 25.9 Å². The molecular formula is C50H46Cu2F6N6O6S2+2. The van der Waals surface area contributed by atoms with E-state index in [4.69, 9.17) is 35.9 Å². The predicted molar refractivity (Wildman–Crippen MR) is 251 cm³/mol. The van der Waals surface area contributed by atoms with Crippen LogP contribution in [0.3, 0.4) is 0 Å². The molecule has 0 fully saturated rings. The molecule has 0 bridgehead atoms. The van der Waals surface area contributed by atoms with Crippen LogP contribution in [0.2, 0.25) is 0 Å². The second-order valence-corrected chi connectivity index (χ2v) is 17.5. The Morgan fingerprint density at radius 1 is 0.375 bits per heavy atom. The largest absolute Gasteiger partial charge is 2.00 e. The zero-order valence-electron chi connectivity index (χ0n) is 37.7. The van der Waals surface area contributed by atoms with Crippen LogP contribution in [0.15, 0.2) is 207 Å². The van der Waals surface area contributed by atoms with Crippen LogP contribution in [0.4, 0.5) is 26.3 Å². The SMILES string of the molecule is O=S(=O)([O-])C(F)(F)F.O=S(=O)([O-])C(F)(F)F.[Cu+2].[Cu+2].c1ccc(CN(Cc2ccccc2)Cc2ccc3ccc(CN(Cc4ccccc4)Cc4ccccc4)nc3n2)cc1.c1ccncc1.c1ccncc1. The van der Waals surface area contributed by atoms with Gasteiger partial charge in [0.25, 0.3) is 0 Å². The molecule has 72 heavy (non-hydrogen) atoms. The minimum absolute atomic E-state index is 0. The molecule has 2 radical (unpaired) electrons. The molecule has 386 valence electrons. The summed E-state index contributed by atoms with van der Waals surface area (Å²) in [5.74, 6) is 0. The molecule has 22 heteroatoms. The molecule has 8 aromatic rings. The van der Waals surface area contributed by atoms with Crippen LogP contribution in [0.1, 0.15) is 33.6 Å². The molecule has 12 nitrogen and oxygen atoms in total. The van der Waals surface area contributed by atoms with Crippen molar-refractivity contribution in [2.24, 2.45) is 0 Å². The van der Waals surface area contributed by atoms with Gasteiger partial charge >= 0.3 is 45.2 Å². The third-order valence-electron chi connectivity index (χ3n) is 9.13. The molecular weight excluding hydrogens is 1090 g/mol. The maximum Gasteiger partial charge on any atom is 2.00 e. The Labute approximate surface area is 435 Å². The van der Waals surface area contributed by atoms with E-state index in [2.05, 4.69) is 165 Å². The van der Waals surface area contributed by atoms with Crippen molar-refractivity contribution in [3.8, 4) is 0 Å². The van der Waals surface area contributed by atoms with Crippen molar-refractivity contribution < 1.29 is 86.4 Å². The number of rotatable bonds is 12. The molecule has 0 aliphatic rings. The molecule has 0 unspecified atom stereocenters. The van der Waals surface area contributed by atoms with Crippen LogP contribution < -0.4 is 0 Å². The molecule has 4 aromatic carbocycles. The van der Waals surface area contributed by atoms with Crippen LogP contribution in [0.5, 0.6) is 0 Å². The second kappa shape index (κ2) is 31.5.